The molecular weight excluding hydrogens is 174 g/mol. The number of ether oxygens (including phenoxy) is 1. The molecule has 1 amide bonds. The predicted octanol–water partition coefficient (Wildman–Crippen LogP) is 1.93. The molecule has 0 bridgehead atoms. The van der Waals surface area contributed by atoms with Crippen molar-refractivity contribution in [2.24, 2.45) is 0 Å². The van der Waals surface area contributed by atoms with Gasteiger partial charge in [-0.25, -0.2) is 4.79 Å². The zero-order chi connectivity index (χ0) is 9.19. The first-order valence-electron chi connectivity index (χ1n) is 4.11. The Bertz CT molecular complexity index is 182. The van der Waals surface area contributed by atoms with Crippen LogP contribution in [-0.4, -0.2) is 34.8 Å². The molecule has 0 aromatic rings. The van der Waals surface area contributed by atoms with Gasteiger partial charge in [-0.3, -0.25) is 4.90 Å². The minimum Gasteiger partial charge on any atom is -0.450 e. The monoisotopic (exact) mass is 189 g/mol. The van der Waals surface area contributed by atoms with E-state index in [0.717, 1.165) is 12.4 Å². The van der Waals surface area contributed by atoms with Crippen molar-refractivity contribution >= 4 is 17.9 Å². The van der Waals surface area contributed by atoms with Gasteiger partial charge in [0.15, 0.2) is 0 Å². The van der Waals surface area contributed by atoms with Gasteiger partial charge in [-0.05, 0) is 20.8 Å². The maximum atomic E-state index is 11.2. The summed E-state index contributed by atoms with van der Waals surface area (Å²) in [5.41, 5.74) is 0. The number of nitrogens with zero attached hydrogens (tertiary/aromatic N) is 1. The van der Waals surface area contributed by atoms with Crippen LogP contribution in [0.15, 0.2) is 0 Å². The number of hydrogen-bond donors (Lipinski definition) is 0. The van der Waals surface area contributed by atoms with Crippen molar-refractivity contribution in [2.75, 3.05) is 19.0 Å². The third kappa shape index (κ3) is 2.30. The minimum absolute atomic E-state index is 0.185. The molecule has 70 valence electrons. The molecule has 0 saturated carbocycles. The number of amides is 1. The van der Waals surface area contributed by atoms with E-state index in [2.05, 4.69) is 13.8 Å². The van der Waals surface area contributed by atoms with Gasteiger partial charge in [-0.2, -0.15) is 0 Å². The van der Waals surface area contributed by atoms with Crippen LogP contribution in [0.4, 0.5) is 4.79 Å². The zero-order valence-electron chi connectivity index (χ0n) is 7.79. The molecule has 0 aliphatic carbocycles. The Morgan fingerprint density at radius 1 is 1.67 bits per heavy atom. The van der Waals surface area contributed by atoms with E-state index in [-0.39, 0.29) is 10.8 Å². The molecule has 0 radical (unpaired) electrons. The number of carbonyl (C=O) groups excluding carboxylic acids is 1. The fourth-order valence-corrected chi connectivity index (χ4v) is 2.08. The highest BCUT2D eigenvalue weighted by molar-refractivity contribution is 8.00. The van der Waals surface area contributed by atoms with Gasteiger partial charge in [0.2, 0.25) is 0 Å². The van der Waals surface area contributed by atoms with Gasteiger partial charge >= 0.3 is 6.09 Å². The smallest absolute Gasteiger partial charge is 0.410 e. The van der Waals surface area contributed by atoms with Crippen LogP contribution < -0.4 is 0 Å². The van der Waals surface area contributed by atoms with Crippen LogP contribution in [0.3, 0.4) is 0 Å². The lowest BCUT2D eigenvalue weighted by molar-refractivity contribution is 0.115. The Kier molecular flexibility index (Phi) is 2.88. The molecule has 0 atom stereocenters. The molecule has 0 unspecified atom stereocenters. The summed E-state index contributed by atoms with van der Waals surface area (Å²) >= 11 is 1.79. The lowest BCUT2D eigenvalue weighted by atomic mass is 10.2. The maximum Gasteiger partial charge on any atom is 0.410 e. The average Bonchev–Trinajstić information content (AvgIpc) is 2.31. The molecule has 1 heterocycles. The van der Waals surface area contributed by atoms with Crippen LogP contribution in [0, 0.1) is 0 Å². The molecule has 1 fully saturated rings. The Labute approximate surface area is 77.4 Å². The molecule has 0 aromatic carbocycles. The molecule has 1 aliphatic rings. The largest absolute Gasteiger partial charge is 0.450 e. The molecular formula is C8H15NO2S. The first-order chi connectivity index (χ1) is 5.55. The van der Waals surface area contributed by atoms with E-state index < -0.39 is 0 Å². The van der Waals surface area contributed by atoms with E-state index in [1.54, 1.807) is 16.7 Å². The Balaban J connectivity index is 2.41. The molecule has 0 spiro atoms. The van der Waals surface area contributed by atoms with Crippen LogP contribution in [-0.2, 0) is 4.74 Å². The van der Waals surface area contributed by atoms with E-state index in [1.807, 2.05) is 6.92 Å². The third-order valence-electron chi connectivity index (χ3n) is 1.71. The topological polar surface area (TPSA) is 29.5 Å². The SMILES string of the molecule is CCOC(=O)N1CSC(C)(C)C1. The van der Waals surface area contributed by atoms with Crippen molar-refractivity contribution in [3.63, 3.8) is 0 Å². The van der Waals surface area contributed by atoms with Crippen molar-refractivity contribution in [1.82, 2.24) is 4.90 Å². The molecule has 0 aromatic heterocycles. The number of hydrogen-bond acceptors (Lipinski definition) is 3. The highest BCUT2D eigenvalue weighted by atomic mass is 32.2. The summed E-state index contributed by atoms with van der Waals surface area (Å²) in [5, 5.41) is 0. The summed E-state index contributed by atoms with van der Waals surface area (Å²) in [6, 6.07) is 0. The quantitative estimate of drug-likeness (QED) is 0.631. The fourth-order valence-electron chi connectivity index (χ4n) is 1.14. The van der Waals surface area contributed by atoms with Gasteiger partial charge in [-0.1, -0.05) is 0 Å². The summed E-state index contributed by atoms with van der Waals surface area (Å²) in [6.07, 6.45) is -0.185. The van der Waals surface area contributed by atoms with Gasteiger partial charge < -0.3 is 4.74 Å². The van der Waals surface area contributed by atoms with E-state index in [4.69, 9.17) is 4.74 Å². The first kappa shape index (κ1) is 9.71. The van der Waals surface area contributed by atoms with E-state index in [9.17, 15) is 4.79 Å². The standard InChI is InChI=1S/C8H15NO2S/c1-4-11-7(10)9-5-8(2,3)12-6-9/h4-6H2,1-3H3. The number of thioether (sulfide) groups is 1. The maximum absolute atomic E-state index is 11.2. The molecule has 1 rings (SSSR count). The molecule has 1 saturated heterocycles. The number of rotatable bonds is 1. The summed E-state index contributed by atoms with van der Waals surface area (Å²) in [7, 11) is 0. The lowest BCUT2D eigenvalue weighted by Gasteiger charge is -2.17. The average molecular weight is 189 g/mol. The lowest BCUT2D eigenvalue weighted by Crippen LogP contribution is -2.32. The molecule has 0 N–H and O–H groups in total. The van der Waals surface area contributed by atoms with Crippen LogP contribution in [0.25, 0.3) is 0 Å². The van der Waals surface area contributed by atoms with Crippen molar-refractivity contribution < 1.29 is 9.53 Å². The molecule has 3 nitrogen and oxygen atoms in total. The highest BCUT2D eigenvalue weighted by Gasteiger charge is 2.33. The Morgan fingerprint density at radius 3 is 2.75 bits per heavy atom. The van der Waals surface area contributed by atoms with Crippen molar-refractivity contribution in [2.45, 2.75) is 25.5 Å². The van der Waals surface area contributed by atoms with Crippen molar-refractivity contribution in [3.05, 3.63) is 0 Å². The summed E-state index contributed by atoms with van der Waals surface area (Å²) in [6.45, 7) is 7.34. The Morgan fingerprint density at radius 2 is 2.33 bits per heavy atom. The first-order valence-corrected chi connectivity index (χ1v) is 5.09. The van der Waals surface area contributed by atoms with Crippen LogP contribution in [0.1, 0.15) is 20.8 Å². The zero-order valence-corrected chi connectivity index (χ0v) is 8.61. The summed E-state index contributed by atoms with van der Waals surface area (Å²) < 4.78 is 5.08. The van der Waals surface area contributed by atoms with Crippen molar-refractivity contribution in [1.29, 1.82) is 0 Å². The van der Waals surface area contributed by atoms with Crippen LogP contribution >= 0.6 is 11.8 Å². The molecule has 4 heteroatoms. The normalized spacial score (nSPS) is 21.1. The minimum atomic E-state index is -0.185. The van der Waals surface area contributed by atoms with E-state index in [0.29, 0.717) is 6.61 Å². The molecule has 1 aliphatic heterocycles. The second kappa shape index (κ2) is 3.56. The van der Waals surface area contributed by atoms with Crippen LogP contribution in [0.2, 0.25) is 0 Å². The fraction of sp³-hybridized carbons (Fsp3) is 0.875. The third-order valence-corrected chi connectivity index (χ3v) is 3.06. The van der Waals surface area contributed by atoms with Gasteiger partial charge in [0.25, 0.3) is 0 Å². The predicted molar refractivity (Wildman–Crippen MR) is 50.3 cm³/mol. The second-order valence-electron chi connectivity index (χ2n) is 3.43. The highest BCUT2D eigenvalue weighted by Crippen LogP contribution is 2.33. The van der Waals surface area contributed by atoms with E-state index >= 15 is 0 Å². The molecule has 12 heavy (non-hydrogen) atoms. The van der Waals surface area contributed by atoms with Crippen molar-refractivity contribution in [3.8, 4) is 0 Å². The number of carbonyl (C=O) groups is 1. The van der Waals surface area contributed by atoms with Gasteiger partial charge in [0.1, 0.15) is 0 Å². The summed E-state index contributed by atoms with van der Waals surface area (Å²) in [4.78, 5) is 13.0. The second-order valence-corrected chi connectivity index (χ2v) is 5.08. The van der Waals surface area contributed by atoms with Gasteiger partial charge in [0, 0.05) is 11.3 Å². The van der Waals surface area contributed by atoms with Crippen LogP contribution in [0.5, 0.6) is 0 Å². The van der Waals surface area contributed by atoms with Gasteiger partial charge in [0.05, 0.1) is 12.5 Å². The summed E-state index contributed by atoms with van der Waals surface area (Å²) in [5.74, 6) is 0.756. The van der Waals surface area contributed by atoms with E-state index in [1.165, 1.54) is 0 Å². The van der Waals surface area contributed by atoms with Gasteiger partial charge in [-0.15, -0.1) is 11.8 Å². The Hall–Kier alpha value is -0.380.